The first kappa shape index (κ1) is 14.6. The number of pyridine rings is 1. The fraction of sp³-hybridized carbons (Fsp3) is 0.118. The zero-order valence-electron chi connectivity index (χ0n) is 12.7. The number of rotatable bonds is 6. The van der Waals surface area contributed by atoms with Crippen LogP contribution in [-0.2, 0) is 13.2 Å². The summed E-state index contributed by atoms with van der Waals surface area (Å²) in [4.78, 5) is 4.52. The Balaban J connectivity index is 1.37. The highest BCUT2D eigenvalue weighted by molar-refractivity contribution is 7.09. The van der Waals surface area contributed by atoms with E-state index in [1.165, 1.54) is 0 Å². The van der Waals surface area contributed by atoms with Crippen LogP contribution in [0.4, 0.5) is 0 Å². The van der Waals surface area contributed by atoms with E-state index in [-0.39, 0.29) is 0 Å². The fourth-order valence-electron chi connectivity index (χ4n) is 2.20. The standard InChI is InChI=1S/C17H14N4O2S/c1-2-6-14(7-3-1)22-11-16-18-13(12-24-16)10-23-17-20-19-15-8-4-5-9-21(15)17/h1-9,12H,10-11H2. The van der Waals surface area contributed by atoms with Gasteiger partial charge in [0, 0.05) is 11.6 Å². The predicted molar refractivity (Wildman–Crippen MR) is 90.2 cm³/mol. The molecule has 0 aliphatic carbocycles. The van der Waals surface area contributed by atoms with Crippen molar-refractivity contribution in [2.24, 2.45) is 0 Å². The van der Waals surface area contributed by atoms with Gasteiger partial charge in [-0.3, -0.25) is 4.40 Å². The number of ether oxygens (including phenoxy) is 2. The lowest BCUT2D eigenvalue weighted by Crippen LogP contribution is -2.00. The Morgan fingerprint density at radius 3 is 2.71 bits per heavy atom. The smallest absolute Gasteiger partial charge is 0.321 e. The first-order valence-corrected chi connectivity index (χ1v) is 8.30. The lowest BCUT2D eigenvalue weighted by molar-refractivity contribution is 0.272. The van der Waals surface area contributed by atoms with Gasteiger partial charge in [-0.15, -0.1) is 16.4 Å². The van der Waals surface area contributed by atoms with Crippen molar-refractivity contribution < 1.29 is 9.47 Å². The van der Waals surface area contributed by atoms with Crippen LogP contribution >= 0.6 is 11.3 Å². The zero-order chi connectivity index (χ0) is 16.2. The molecule has 24 heavy (non-hydrogen) atoms. The van der Waals surface area contributed by atoms with Gasteiger partial charge in [-0.25, -0.2) is 4.98 Å². The van der Waals surface area contributed by atoms with Gasteiger partial charge in [-0.1, -0.05) is 29.4 Å². The second kappa shape index (κ2) is 6.67. The molecule has 0 saturated heterocycles. The number of hydrogen-bond donors (Lipinski definition) is 0. The van der Waals surface area contributed by atoms with E-state index in [9.17, 15) is 0 Å². The third-order valence-corrected chi connectivity index (χ3v) is 4.21. The highest BCUT2D eigenvalue weighted by Gasteiger charge is 2.08. The van der Waals surface area contributed by atoms with Crippen molar-refractivity contribution in [3.8, 4) is 11.8 Å². The van der Waals surface area contributed by atoms with Crippen molar-refractivity contribution in [2.75, 3.05) is 0 Å². The number of para-hydroxylation sites is 1. The first-order valence-electron chi connectivity index (χ1n) is 7.42. The van der Waals surface area contributed by atoms with Crippen LogP contribution in [0, 0.1) is 0 Å². The lowest BCUT2D eigenvalue weighted by Gasteiger charge is -2.03. The van der Waals surface area contributed by atoms with E-state index in [4.69, 9.17) is 9.47 Å². The van der Waals surface area contributed by atoms with Crippen LogP contribution in [0.1, 0.15) is 10.7 Å². The van der Waals surface area contributed by atoms with Crippen LogP contribution in [0.5, 0.6) is 11.8 Å². The fourth-order valence-corrected chi connectivity index (χ4v) is 2.89. The summed E-state index contributed by atoms with van der Waals surface area (Å²) in [5.41, 5.74) is 1.60. The van der Waals surface area contributed by atoms with Crippen LogP contribution in [-0.4, -0.2) is 19.6 Å². The SMILES string of the molecule is c1ccc(OCc2nc(COc3nnc4ccccn34)cs2)cc1. The van der Waals surface area contributed by atoms with Gasteiger partial charge in [0.25, 0.3) is 0 Å². The molecule has 0 saturated carbocycles. The minimum absolute atomic E-state index is 0.345. The molecule has 0 atom stereocenters. The summed E-state index contributed by atoms with van der Waals surface area (Å²) in [6.45, 7) is 0.792. The summed E-state index contributed by atoms with van der Waals surface area (Å²) in [6, 6.07) is 15.8. The van der Waals surface area contributed by atoms with Crippen molar-refractivity contribution in [1.82, 2.24) is 19.6 Å². The van der Waals surface area contributed by atoms with E-state index >= 15 is 0 Å². The monoisotopic (exact) mass is 338 g/mol. The molecule has 1 aromatic carbocycles. The number of thiazole rings is 1. The summed E-state index contributed by atoms with van der Waals surface area (Å²) in [5, 5.41) is 11.0. The third kappa shape index (κ3) is 3.21. The number of fused-ring (bicyclic) bond motifs is 1. The minimum Gasteiger partial charge on any atom is -0.486 e. The normalized spacial score (nSPS) is 10.8. The third-order valence-electron chi connectivity index (χ3n) is 3.34. The van der Waals surface area contributed by atoms with Gasteiger partial charge in [0.15, 0.2) is 5.65 Å². The van der Waals surface area contributed by atoms with E-state index in [2.05, 4.69) is 15.2 Å². The predicted octanol–water partition coefficient (Wildman–Crippen LogP) is 3.34. The topological polar surface area (TPSA) is 61.5 Å². The second-order valence-electron chi connectivity index (χ2n) is 5.03. The van der Waals surface area contributed by atoms with Gasteiger partial charge in [0.1, 0.15) is 24.0 Å². The number of nitrogens with zero attached hydrogens (tertiary/aromatic N) is 4. The molecular formula is C17H14N4O2S. The Morgan fingerprint density at radius 1 is 0.917 bits per heavy atom. The molecule has 0 fully saturated rings. The Morgan fingerprint density at radius 2 is 1.79 bits per heavy atom. The molecule has 0 N–H and O–H groups in total. The molecule has 0 bridgehead atoms. The maximum atomic E-state index is 5.71. The minimum atomic E-state index is 0.345. The van der Waals surface area contributed by atoms with E-state index in [0.29, 0.717) is 19.2 Å². The van der Waals surface area contributed by atoms with Gasteiger partial charge < -0.3 is 9.47 Å². The van der Waals surface area contributed by atoms with Crippen molar-refractivity contribution in [3.05, 3.63) is 70.8 Å². The molecular weight excluding hydrogens is 324 g/mol. The average molecular weight is 338 g/mol. The maximum Gasteiger partial charge on any atom is 0.321 e. The summed E-state index contributed by atoms with van der Waals surface area (Å²) in [5.74, 6) is 0.834. The Hall–Kier alpha value is -2.93. The van der Waals surface area contributed by atoms with Crippen LogP contribution in [0.3, 0.4) is 0 Å². The van der Waals surface area contributed by atoms with Gasteiger partial charge in [-0.2, -0.15) is 0 Å². The molecule has 4 aromatic rings. The van der Waals surface area contributed by atoms with Crippen molar-refractivity contribution in [2.45, 2.75) is 13.2 Å². The largest absolute Gasteiger partial charge is 0.486 e. The summed E-state index contributed by atoms with van der Waals surface area (Å²) < 4.78 is 13.2. The molecule has 0 amide bonds. The summed E-state index contributed by atoms with van der Waals surface area (Å²) >= 11 is 1.55. The first-order chi connectivity index (χ1) is 11.9. The second-order valence-corrected chi connectivity index (χ2v) is 5.98. The summed E-state index contributed by atoms with van der Waals surface area (Å²) in [7, 11) is 0. The number of hydrogen-bond acceptors (Lipinski definition) is 6. The Kier molecular flexibility index (Phi) is 4.07. The molecule has 6 nitrogen and oxygen atoms in total. The Labute approximate surface area is 142 Å². The van der Waals surface area contributed by atoms with Gasteiger partial charge >= 0.3 is 6.01 Å². The molecule has 0 spiro atoms. The molecule has 4 rings (SSSR count). The van der Waals surface area contributed by atoms with E-state index in [1.54, 1.807) is 15.7 Å². The van der Waals surface area contributed by atoms with Crippen molar-refractivity contribution >= 4 is 17.0 Å². The van der Waals surface area contributed by atoms with Crippen LogP contribution in [0.15, 0.2) is 60.1 Å². The molecule has 120 valence electrons. The van der Waals surface area contributed by atoms with E-state index < -0.39 is 0 Å². The maximum absolute atomic E-state index is 5.71. The highest BCUT2D eigenvalue weighted by atomic mass is 32.1. The van der Waals surface area contributed by atoms with Crippen LogP contribution in [0.25, 0.3) is 5.65 Å². The molecule has 3 heterocycles. The molecule has 0 aliphatic rings. The van der Waals surface area contributed by atoms with E-state index in [0.717, 1.165) is 22.1 Å². The molecule has 0 unspecified atom stereocenters. The molecule has 0 radical (unpaired) electrons. The van der Waals surface area contributed by atoms with Crippen molar-refractivity contribution in [3.63, 3.8) is 0 Å². The number of benzene rings is 1. The van der Waals surface area contributed by atoms with E-state index in [1.807, 2.05) is 60.1 Å². The highest BCUT2D eigenvalue weighted by Crippen LogP contribution is 2.17. The molecule has 0 aliphatic heterocycles. The lowest BCUT2D eigenvalue weighted by atomic mass is 10.3. The van der Waals surface area contributed by atoms with Gasteiger partial charge in [-0.05, 0) is 24.3 Å². The zero-order valence-corrected chi connectivity index (χ0v) is 13.5. The molecule has 3 aromatic heterocycles. The van der Waals surface area contributed by atoms with Gasteiger partial charge in [0.2, 0.25) is 0 Å². The van der Waals surface area contributed by atoms with Crippen LogP contribution in [0.2, 0.25) is 0 Å². The molecule has 7 heteroatoms. The average Bonchev–Trinajstić information content (AvgIpc) is 3.26. The summed E-state index contributed by atoms with van der Waals surface area (Å²) in [6.07, 6.45) is 1.87. The Bertz CT molecular complexity index is 936. The van der Waals surface area contributed by atoms with Gasteiger partial charge in [0.05, 0.1) is 5.69 Å². The van der Waals surface area contributed by atoms with Crippen molar-refractivity contribution in [1.29, 1.82) is 0 Å². The number of aromatic nitrogens is 4. The van der Waals surface area contributed by atoms with Crippen LogP contribution < -0.4 is 9.47 Å². The quantitative estimate of drug-likeness (QED) is 0.539.